The van der Waals surface area contributed by atoms with E-state index in [1.165, 1.54) is 0 Å². The van der Waals surface area contributed by atoms with E-state index in [2.05, 4.69) is 29.1 Å². The molecule has 0 aliphatic rings. The molecule has 5 nitrogen and oxygen atoms in total. The molecule has 1 rings (SSSR count). The lowest BCUT2D eigenvalue weighted by atomic mass is 10.1. The lowest BCUT2D eigenvalue weighted by molar-refractivity contribution is 0.126. The van der Waals surface area contributed by atoms with Gasteiger partial charge in [0.2, 0.25) is 0 Å². The van der Waals surface area contributed by atoms with E-state index < -0.39 is 0 Å². The Labute approximate surface area is 119 Å². The van der Waals surface area contributed by atoms with E-state index in [-0.39, 0.29) is 6.04 Å². The first-order valence-corrected chi connectivity index (χ1v) is 6.81. The molecule has 0 saturated heterocycles. The molecule has 108 valence electrons. The predicted molar refractivity (Wildman–Crippen MR) is 76.5 cm³/mol. The molecule has 1 unspecified atom stereocenters. The van der Waals surface area contributed by atoms with Crippen LogP contribution in [0.15, 0.2) is 6.07 Å². The quantitative estimate of drug-likeness (QED) is 0.745. The van der Waals surface area contributed by atoms with E-state index in [1.54, 1.807) is 13.2 Å². The molecule has 0 aliphatic heterocycles. The topological polar surface area (TPSA) is 56.3 Å². The molecule has 19 heavy (non-hydrogen) atoms. The number of halogens is 1. The summed E-state index contributed by atoms with van der Waals surface area (Å²) in [4.78, 5) is 8.46. The number of rotatable bonds is 8. The fourth-order valence-electron chi connectivity index (χ4n) is 1.57. The molecule has 0 bridgehead atoms. The summed E-state index contributed by atoms with van der Waals surface area (Å²) in [5.41, 5.74) is 0. The molecule has 1 heterocycles. The first kappa shape index (κ1) is 16.1. The van der Waals surface area contributed by atoms with E-state index in [4.69, 9.17) is 21.1 Å². The van der Waals surface area contributed by atoms with E-state index >= 15 is 0 Å². The second-order valence-corrected chi connectivity index (χ2v) is 4.97. The SMILES string of the molecule is CCOCC(Nc1cc(Cl)nc(COC)n1)C(C)C. The number of anilines is 1. The van der Waals surface area contributed by atoms with Gasteiger partial charge in [0, 0.05) is 19.8 Å². The Balaban J connectivity index is 2.77. The summed E-state index contributed by atoms with van der Waals surface area (Å²) in [5.74, 6) is 1.69. The number of methoxy groups -OCH3 is 1. The van der Waals surface area contributed by atoms with E-state index in [0.29, 0.717) is 42.5 Å². The molecule has 1 atom stereocenters. The van der Waals surface area contributed by atoms with Crippen molar-refractivity contribution < 1.29 is 9.47 Å². The molecular formula is C13H22ClN3O2. The van der Waals surface area contributed by atoms with Crippen molar-refractivity contribution in [1.82, 2.24) is 9.97 Å². The zero-order valence-electron chi connectivity index (χ0n) is 11.9. The summed E-state index contributed by atoms with van der Waals surface area (Å²) >= 11 is 5.98. The third kappa shape index (κ3) is 5.72. The van der Waals surface area contributed by atoms with Crippen LogP contribution in [0, 0.1) is 5.92 Å². The molecule has 1 aromatic rings. The molecule has 0 saturated carbocycles. The third-order valence-corrected chi connectivity index (χ3v) is 2.85. The van der Waals surface area contributed by atoms with Crippen molar-refractivity contribution in [3.05, 3.63) is 17.0 Å². The fraction of sp³-hybridized carbons (Fsp3) is 0.692. The molecule has 0 aromatic carbocycles. The van der Waals surface area contributed by atoms with Gasteiger partial charge < -0.3 is 14.8 Å². The van der Waals surface area contributed by atoms with Gasteiger partial charge in [-0.05, 0) is 12.8 Å². The molecule has 0 spiro atoms. The second kappa shape index (κ2) is 8.30. The summed E-state index contributed by atoms with van der Waals surface area (Å²) in [6, 6.07) is 1.89. The van der Waals surface area contributed by atoms with Gasteiger partial charge in [0.15, 0.2) is 5.82 Å². The summed E-state index contributed by atoms with van der Waals surface area (Å²) in [7, 11) is 1.60. The Bertz CT molecular complexity index is 388. The maximum atomic E-state index is 5.98. The average molecular weight is 288 g/mol. The molecular weight excluding hydrogens is 266 g/mol. The molecule has 1 aromatic heterocycles. The first-order valence-electron chi connectivity index (χ1n) is 6.43. The summed E-state index contributed by atoms with van der Waals surface area (Å²) in [6.45, 7) is 7.92. The van der Waals surface area contributed by atoms with Crippen molar-refractivity contribution in [3.8, 4) is 0 Å². The van der Waals surface area contributed by atoms with Crippen LogP contribution in [0.25, 0.3) is 0 Å². The van der Waals surface area contributed by atoms with Crippen molar-refractivity contribution in [3.63, 3.8) is 0 Å². The third-order valence-electron chi connectivity index (χ3n) is 2.65. The number of nitrogens with one attached hydrogen (secondary N) is 1. The Morgan fingerprint density at radius 2 is 2.11 bits per heavy atom. The van der Waals surface area contributed by atoms with Gasteiger partial charge in [0.05, 0.1) is 12.6 Å². The highest BCUT2D eigenvalue weighted by molar-refractivity contribution is 6.29. The Morgan fingerprint density at radius 3 is 2.68 bits per heavy atom. The monoisotopic (exact) mass is 287 g/mol. The molecule has 0 amide bonds. The van der Waals surface area contributed by atoms with Crippen LogP contribution in [0.2, 0.25) is 5.15 Å². The maximum absolute atomic E-state index is 5.98. The minimum atomic E-state index is 0.182. The highest BCUT2D eigenvalue weighted by Crippen LogP contribution is 2.15. The highest BCUT2D eigenvalue weighted by Gasteiger charge is 2.15. The second-order valence-electron chi connectivity index (χ2n) is 4.58. The van der Waals surface area contributed by atoms with Gasteiger partial charge in [-0.3, -0.25) is 0 Å². The van der Waals surface area contributed by atoms with Crippen LogP contribution >= 0.6 is 11.6 Å². The minimum absolute atomic E-state index is 0.182. The van der Waals surface area contributed by atoms with Crippen LogP contribution in [0.1, 0.15) is 26.6 Å². The van der Waals surface area contributed by atoms with Crippen molar-refractivity contribution in [2.24, 2.45) is 5.92 Å². The molecule has 1 N–H and O–H groups in total. The first-order chi connectivity index (χ1) is 9.06. The lowest BCUT2D eigenvalue weighted by Crippen LogP contribution is -2.31. The summed E-state index contributed by atoms with van der Waals surface area (Å²) in [5, 5.41) is 3.74. The Morgan fingerprint density at radius 1 is 1.37 bits per heavy atom. The number of ether oxygens (including phenoxy) is 2. The lowest BCUT2D eigenvalue weighted by Gasteiger charge is -2.22. The Kier molecular flexibility index (Phi) is 7.05. The summed E-state index contributed by atoms with van der Waals surface area (Å²) < 4.78 is 10.5. The minimum Gasteiger partial charge on any atom is -0.380 e. The highest BCUT2D eigenvalue weighted by atomic mass is 35.5. The maximum Gasteiger partial charge on any atom is 0.158 e. The van der Waals surface area contributed by atoms with Crippen molar-refractivity contribution in [1.29, 1.82) is 0 Å². The molecule has 0 aliphatic carbocycles. The number of aromatic nitrogens is 2. The molecule has 6 heteroatoms. The van der Waals surface area contributed by atoms with Crippen LogP contribution in [-0.2, 0) is 16.1 Å². The van der Waals surface area contributed by atoms with Gasteiger partial charge in [0.1, 0.15) is 17.6 Å². The number of hydrogen-bond acceptors (Lipinski definition) is 5. The largest absolute Gasteiger partial charge is 0.380 e. The average Bonchev–Trinajstić information content (AvgIpc) is 2.33. The van der Waals surface area contributed by atoms with Crippen LogP contribution in [-0.4, -0.2) is 36.3 Å². The van der Waals surface area contributed by atoms with Crippen LogP contribution in [0.5, 0.6) is 0 Å². The van der Waals surface area contributed by atoms with Crippen molar-refractivity contribution in [2.45, 2.75) is 33.4 Å². The number of nitrogens with zero attached hydrogens (tertiary/aromatic N) is 2. The zero-order valence-corrected chi connectivity index (χ0v) is 12.7. The van der Waals surface area contributed by atoms with Gasteiger partial charge in [-0.25, -0.2) is 9.97 Å². The number of hydrogen-bond donors (Lipinski definition) is 1. The van der Waals surface area contributed by atoms with E-state index in [0.717, 1.165) is 0 Å². The standard InChI is InChI=1S/C13H22ClN3O2/c1-5-19-7-10(9(2)3)15-12-6-11(14)16-13(17-12)8-18-4/h6,9-10H,5,7-8H2,1-4H3,(H,15,16,17). The Hall–Kier alpha value is -0.910. The van der Waals surface area contributed by atoms with Crippen molar-refractivity contribution in [2.75, 3.05) is 25.6 Å². The van der Waals surface area contributed by atoms with Gasteiger partial charge in [-0.2, -0.15) is 0 Å². The van der Waals surface area contributed by atoms with Crippen molar-refractivity contribution >= 4 is 17.4 Å². The van der Waals surface area contributed by atoms with Crippen LogP contribution in [0.4, 0.5) is 5.82 Å². The van der Waals surface area contributed by atoms with Gasteiger partial charge in [-0.15, -0.1) is 0 Å². The van der Waals surface area contributed by atoms with Gasteiger partial charge in [-0.1, -0.05) is 25.4 Å². The fourth-order valence-corrected chi connectivity index (χ4v) is 1.77. The van der Waals surface area contributed by atoms with E-state index in [1.807, 2.05) is 6.92 Å². The smallest absolute Gasteiger partial charge is 0.158 e. The van der Waals surface area contributed by atoms with Crippen LogP contribution in [0.3, 0.4) is 0 Å². The normalized spacial score (nSPS) is 12.7. The summed E-state index contributed by atoms with van der Waals surface area (Å²) in [6.07, 6.45) is 0. The predicted octanol–water partition coefficient (Wildman–Crippen LogP) is 2.75. The zero-order chi connectivity index (χ0) is 14.3. The molecule has 0 radical (unpaired) electrons. The van der Waals surface area contributed by atoms with Crippen LogP contribution < -0.4 is 5.32 Å². The van der Waals surface area contributed by atoms with Gasteiger partial charge >= 0.3 is 0 Å². The van der Waals surface area contributed by atoms with Gasteiger partial charge in [0.25, 0.3) is 0 Å². The molecule has 0 fully saturated rings. The van der Waals surface area contributed by atoms with E-state index in [9.17, 15) is 0 Å².